The van der Waals surface area contributed by atoms with Gasteiger partial charge in [0, 0.05) is 22.6 Å². The van der Waals surface area contributed by atoms with Gasteiger partial charge in [-0.15, -0.1) is 0 Å². The number of rotatable bonds is 6. The topological polar surface area (TPSA) is 41.5 Å². The summed E-state index contributed by atoms with van der Waals surface area (Å²) in [7, 11) is 0. The Kier molecular flexibility index (Phi) is 6.22. The summed E-state index contributed by atoms with van der Waals surface area (Å²) in [6.07, 6.45) is -0.564. The normalized spacial score (nSPS) is 12.8. The average molecular weight is 292 g/mol. The summed E-state index contributed by atoms with van der Waals surface area (Å²) < 4.78 is 5.46. The molecule has 0 saturated heterocycles. The number of aliphatic hydroxyl groups excluding tert-OH is 1. The molecule has 1 rings (SSSR count). The van der Waals surface area contributed by atoms with E-state index in [1.54, 1.807) is 12.1 Å². The van der Waals surface area contributed by atoms with Crippen molar-refractivity contribution in [3.63, 3.8) is 0 Å². The van der Waals surface area contributed by atoms with Crippen LogP contribution in [0.5, 0.6) is 5.75 Å². The highest BCUT2D eigenvalue weighted by molar-refractivity contribution is 6.36. The minimum atomic E-state index is -0.564. The first-order valence-electron chi connectivity index (χ1n) is 5.90. The van der Waals surface area contributed by atoms with Gasteiger partial charge in [0.15, 0.2) is 0 Å². The van der Waals surface area contributed by atoms with Crippen molar-refractivity contribution in [2.45, 2.75) is 32.9 Å². The van der Waals surface area contributed by atoms with Gasteiger partial charge in [-0.05, 0) is 24.6 Å². The van der Waals surface area contributed by atoms with E-state index < -0.39 is 6.10 Å². The molecule has 0 aliphatic heterocycles. The van der Waals surface area contributed by atoms with Crippen LogP contribution in [0.25, 0.3) is 0 Å². The highest BCUT2D eigenvalue weighted by Gasteiger charge is 2.08. The Labute approximate surface area is 118 Å². The predicted molar refractivity (Wildman–Crippen MR) is 75.8 cm³/mol. The Hall–Kier alpha value is -0.480. The summed E-state index contributed by atoms with van der Waals surface area (Å²) in [6.45, 7) is 6.58. The van der Waals surface area contributed by atoms with Crippen molar-refractivity contribution >= 4 is 23.2 Å². The molecular formula is C13H19Cl2NO2. The Morgan fingerprint density at radius 2 is 1.83 bits per heavy atom. The van der Waals surface area contributed by atoms with Gasteiger partial charge in [-0.25, -0.2) is 0 Å². The van der Waals surface area contributed by atoms with Crippen LogP contribution in [0, 0.1) is 6.92 Å². The maximum atomic E-state index is 9.70. The molecule has 3 nitrogen and oxygen atoms in total. The lowest BCUT2D eigenvalue weighted by Crippen LogP contribution is -2.35. The second-order valence-corrected chi connectivity index (χ2v) is 5.35. The molecule has 18 heavy (non-hydrogen) atoms. The van der Waals surface area contributed by atoms with E-state index in [9.17, 15) is 5.11 Å². The fraction of sp³-hybridized carbons (Fsp3) is 0.538. The molecule has 0 aliphatic rings. The molecule has 5 heteroatoms. The van der Waals surface area contributed by atoms with Crippen LogP contribution in [0.15, 0.2) is 12.1 Å². The molecule has 0 aliphatic carbocycles. The van der Waals surface area contributed by atoms with Crippen LogP contribution in [-0.2, 0) is 0 Å². The first-order valence-corrected chi connectivity index (χ1v) is 6.65. The van der Waals surface area contributed by atoms with Crippen LogP contribution < -0.4 is 10.1 Å². The standard InChI is InChI=1S/C13H19Cl2NO2/c1-8(2)16-6-10(17)7-18-11-4-12(14)9(3)13(15)5-11/h4-5,8,10,16-17H,6-7H2,1-3H3. The third-order valence-corrected chi connectivity index (χ3v) is 3.24. The first-order chi connectivity index (χ1) is 8.40. The molecule has 0 aromatic heterocycles. The summed E-state index contributed by atoms with van der Waals surface area (Å²) in [5.74, 6) is 0.569. The van der Waals surface area contributed by atoms with Gasteiger partial charge in [-0.1, -0.05) is 37.0 Å². The molecule has 1 unspecified atom stereocenters. The first kappa shape index (κ1) is 15.6. The largest absolute Gasteiger partial charge is 0.491 e. The van der Waals surface area contributed by atoms with Crippen LogP contribution in [0.3, 0.4) is 0 Å². The number of ether oxygens (including phenoxy) is 1. The Bertz CT molecular complexity index is 374. The number of benzene rings is 1. The summed E-state index contributed by atoms with van der Waals surface area (Å²) in [5.41, 5.74) is 0.827. The van der Waals surface area contributed by atoms with Crippen LogP contribution in [0.4, 0.5) is 0 Å². The van der Waals surface area contributed by atoms with Crippen LogP contribution in [0.2, 0.25) is 10.0 Å². The molecular weight excluding hydrogens is 273 g/mol. The summed E-state index contributed by atoms with van der Waals surface area (Å²) >= 11 is 12.0. The molecule has 0 radical (unpaired) electrons. The smallest absolute Gasteiger partial charge is 0.122 e. The molecule has 2 N–H and O–H groups in total. The maximum Gasteiger partial charge on any atom is 0.122 e. The minimum Gasteiger partial charge on any atom is -0.491 e. The number of hydrogen-bond acceptors (Lipinski definition) is 3. The molecule has 0 fully saturated rings. The summed E-state index contributed by atoms with van der Waals surface area (Å²) in [4.78, 5) is 0. The van der Waals surface area contributed by atoms with Crippen molar-refractivity contribution in [2.24, 2.45) is 0 Å². The Morgan fingerprint density at radius 3 is 2.33 bits per heavy atom. The quantitative estimate of drug-likeness (QED) is 0.846. The summed E-state index contributed by atoms with van der Waals surface area (Å²) in [6, 6.07) is 3.74. The Morgan fingerprint density at radius 1 is 1.28 bits per heavy atom. The van der Waals surface area contributed by atoms with Crippen LogP contribution >= 0.6 is 23.2 Å². The zero-order valence-corrected chi connectivity index (χ0v) is 12.3. The minimum absolute atomic E-state index is 0.204. The number of halogens is 2. The van der Waals surface area contributed by atoms with Crippen molar-refractivity contribution in [1.29, 1.82) is 0 Å². The van der Waals surface area contributed by atoms with E-state index >= 15 is 0 Å². The third kappa shape index (κ3) is 5.02. The van der Waals surface area contributed by atoms with Gasteiger partial charge in [-0.3, -0.25) is 0 Å². The highest BCUT2D eigenvalue weighted by Crippen LogP contribution is 2.29. The van der Waals surface area contributed by atoms with E-state index in [-0.39, 0.29) is 6.61 Å². The highest BCUT2D eigenvalue weighted by atomic mass is 35.5. The fourth-order valence-corrected chi connectivity index (χ4v) is 1.80. The lowest BCUT2D eigenvalue weighted by Gasteiger charge is -2.15. The van der Waals surface area contributed by atoms with Gasteiger partial charge in [-0.2, -0.15) is 0 Å². The van der Waals surface area contributed by atoms with Crippen molar-refractivity contribution in [2.75, 3.05) is 13.2 Å². The van der Waals surface area contributed by atoms with E-state index in [1.807, 2.05) is 20.8 Å². The second-order valence-electron chi connectivity index (χ2n) is 4.54. The molecule has 1 aromatic carbocycles. The molecule has 0 saturated carbocycles. The molecule has 0 spiro atoms. The monoisotopic (exact) mass is 291 g/mol. The van der Waals surface area contributed by atoms with Gasteiger partial charge < -0.3 is 15.2 Å². The zero-order valence-electron chi connectivity index (χ0n) is 10.8. The Balaban J connectivity index is 2.48. The van der Waals surface area contributed by atoms with Gasteiger partial charge >= 0.3 is 0 Å². The third-order valence-electron chi connectivity index (χ3n) is 2.46. The van der Waals surface area contributed by atoms with E-state index in [2.05, 4.69) is 5.32 Å². The van der Waals surface area contributed by atoms with Crippen LogP contribution in [0.1, 0.15) is 19.4 Å². The molecule has 1 atom stereocenters. The van der Waals surface area contributed by atoms with E-state index in [4.69, 9.17) is 27.9 Å². The zero-order chi connectivity index (χ0) is 13.7. The van der Waals surface area contributed by atoms with Crippen molar-refractivity contribution in [3.8, 4) is 5.75 Å². The van der Waals surface area contributed by atoms with E-state index in [0.717, 1.165) is 5.56 Å². The van der Waals surface area contributed by atoms with Gasteiger partial charge in [0.2, 0.25) is 0 Å². The van der Waals surface area contributed by atoms with Gasteiger partial charge in [0.05, 0.1) is 0 Å². The van der Waals surface area contributed by atoms with E-state index in [1.165, 1.54) is 0 Å². The van der Waals surface area contributed by atoms with Crippen molar-refractivity contribution < 1.29 is 9.84 Å². The molecule has 0 bridgehead atoms. The summed E-state index contributed by atoms with van der Waals surface area (Å²) in [5, 5.41) is 14.0. The van der Waals surface area contributed by atoms with Gasteiger partial charge in [0.1, 0.15) is 18.5 Å². The van der Waals surface area contributed by atoms with Crippen molar-refractivity contribution in [3.05, 3.63) is 27.7 Å². The number of nitrogens with one attached hydrogen (secondary N) is 1. The molecule has 0 heterocycles. The number of hydrogen-bond donors (Lipinski definition) is 2. The van der Waals surface area contributed by atoms with Crippen LogP contribution in [-0.4, -0.2) is 30.4 Å². The lowest BCUT2D eigenvalue weighted by atomic mass is 10.2. The lowest BCUT2D eigenvalue weighted by molar-refractivity contribution is 0.104. The second kappa shape index (κ2) is 7.19. The number of aliphatic hydroxyl groups is 1. The fourth-order valence-electron chi connectivity index (χ4n) is 1.33. The van der Waals surface area contributed by atoms with Gasteiger partial charge in [0.25, 0.3) is 0 Å². The molecule has 1 aromatic rings. The SMILES string of the molecule is Cc1c(Cl)cc(OCC(O)CNC(C)C)cc1Cl. The molecule has 0 amide bonds. The predicted octanol–water partition coefficient (Wildman–Crippen LogP) is 3.04. The average Bonchev–Trinajstić information content (AvgIpc) is 2.30. The molecule has 102 valence electrons. The maximum absolute atomic E-state index is 9.70. The van der Waals surface area contributed by atoms with E-state index in [0.29, 0.717) is 28.4 Å². The van der Waals surface area contributed by atoms with Crippen molar-refractivity contribution in [1.82, 2.24) is 5.32 Å².